The van der Waals surface area contributed by atoms with E-state index in [0.717, 1.165) is 25.9 Å². The number of hydrogen-bond acceptors (Lipinski definition) is 4. The fourth-order valence-electron chi connectivity index (χ4n) is 4.12. The van der Waals surface area contributed by atoms with Gasteiger partial charge in [0.15, 0.2) is 0 Å². The molecule has 156 valence electrons. The van der Waals surface area contributed by atoms with E-state index in [-0.39, 0.29) is 17.7 Å². The fraction of sp³-hybridized carbons (Fsp3) is 0.375. The lowest BCUT2D eigenvalue weighted by Gasteiger charge is -2.36. The Bertz CT molecular complexity index is 993. The highest BCUT2D eigenvalue weighted by atomic mass is 16.2. The first-order valence-corrected chi connectivity index (χ1v) is 10.6. The van der Waals surface area contributed by atoms with Crippen LogP contribution in [0.1, 0.15) is 56.4 Å². The maximum absolute atomic E-state index is 13.0. The summed E-state index contributed by atoms with van der Waals surface area (Å²) in [5.41, 5.74) is 3.61. The number of nitrogens with zero attached hydrogens (tertiary/aromatic N) is 3. The zero-order chi connectivity index (χ0) is 21.3. The highest BCUT2D eigenvalue weighted by Crippen LogP contribution is 2.25. The summed E-state index contributed by atoms with van der Waals surface area (Å²) >= 11 is 0. The normalized spacial score (nSPS) is 16.3. The standard InChI is InChI=1S/C24H27N3O3/c1-3-4-10-27-23(29)20-9-8-18(16-21(20)24(27)30)22(28)26-13-11-25(12-14-26)19-7-5-6-17(2)15-19/h5-9,15-16H,3-4,10-14H2,1-2H3. The monoisotopic (exact) mass is 405 g/mol. The molecule has 0 aliphatic carbocycles. The minimum atomic E-state index is -0.289. The van der Waals surface area contributed by atoms with E-state index < -0.39 is 0 Å². The number of aryl methyl sites for hydroxylation is 1. The van der Waals surface area contributed by atoms with Gasteiger partial charge in [-0.1, -0.05) is 25.5 Å². The Kier molecular flexibility index (Phi) is 5.57. The predicted molar refractivity (Wildman–Crippen MR) is 116 cm³/mol. The number of piperazine rings is 1. The van der Waals surface area contributed by atoms with Crippen LogP contribution in [-0.4, -0.2) is 60.2 Å². The highest BCUT2D eigenvalue weighted by Gasteiger charge is 2.36. The largest absolute Gasteiger partial charge is 0.368 e. The van der Waals surface area contributed by atoms with Crippen molar-refractivity contribution in [1.82, 2.24) is 9.80 Å². The zero-order valence-electron chi connectivity index (χ0n) is 17.6. The average Bonchev–Trinajstić information content (AvgIpc) is 3.01. The number of rotatable bonds is 5. The minimum Gasteiger partial charge on any atom is -0.368 e. The SMILES string of the molecule is CCCCN1C(=O)c2ccc(C(=O)N3CCN(c4cccc(C)c4)CC3)cc2C1=O. The molecule has 0 N–H and O–H groups in total. The molecule has 0 bridgehead atoms. The minimum absolute atomic E-state index is 0.0889. The van der Waals surface area contributed by atoms with Crippen LogP contribution in [-0.2, 0) is 0 Å². The van der Waals surface area contributed by atoms with Crippen molar-refractivity contribution >= 4 is 23.4 Å². The van der Waals surface area contributed by atoms with E-state index in [1.165, 1.54) is 16.2 Å². The number of hydrogen-bond donors (Lipinski definition) is 0. The summed E-state index contributed by atoms with van der Waals surface area (Å²) in [4.78, 5) is 43.6. The van der Waals surface area contributed by atoms with Crippen molar-refractivity contribution in [1.29, 1.82) is 0 Å². The Morgan fingerprint density at radius 3 is 2.37 bits per heavy atom. The molecule has 6 heteroatoms. The third kappa shape index (κ3) is 3.70. The Hall–Kier alpha value is -3.15. The summed E-state index contributed by atoms with van der Waals surface area (Å²) in [7, 11) is 0. The second-order valence-corrected chi connectivity index (χ2v) is 7.99. The first-order chi connectivity index (χ1) is 14.5. The molecule has 1 saturated heterocycles. The number of carbonyl (C=O) groups is 3. The van der Waals surface area contributed by atoms with Crippen LogP contribution < -0.4 is 4.90 Å². The molecule has 30 heavy (non-hydrogen) atoms. The van der Waals surface area contributed by atoms with Crippen molar-refractivity contribution in [2.75, 3.05) is 37.6 Å². The smallest absolute Gasteiger partial charge is 0.261 e. The number of anilines is 1. The molecule has 2 aliphatic heterocycles. The molecule has 0 spiro atoms. The Morgan fingerprint density at radius 2 is 1.67 bits per heavy atom. The van der Waals surface area contributed by atoms with Crippen LogP contribution in [0.3, 0.4) is 0 Å². The van der Waals surface area contributed by atoms with Crippen molar-refractivity contribution < 1.29 is 14.4 Å². The number of unbranched alkanes of at least 4 members (excludes halogenated alkanes) is 1. The molecule has 3 amide bonds. The van der Waals surface area contributed by atoms with Crippen LogP contribution in [0.4, 0.5) is 5.69 Å². The van der Waals surface area contributed by atoms with Gasteiger partial charge in [-0.15, -0.1) is 0 Å². The summed E-state index contributed by atoms with van der Waals surface area (Å²) < 4.78 is 0. The number of imide groups is 1. The third-order valence-electron chi connectivity index (χ3n) is 5.89. The highest BCUT2D eigenvalue weighted by molar-refractivity contribution is 6.22. The van der Waals surface area contributed by atoms with Crippen LogP contribution in [0, 0.1) is 6.92 Å². The van der Waals surface area contributed by atoms with Crippen molar-refractivity contribution in [3.05, 3.63) is 64.7 Å². The lowest BCUT2D eigenvalue weighted by Crippen LogP contribution is -2.48. The van der Waals surface area contributed by atoms with Crippen LogP contribution in [0.25, 0.3) is 0 Å². The first-order valence-electron chi connectivity index (χ1n) is 10.6. The van der Waals surface area contributed by atoms with E-state index in [0.29, 0.717) is 36.3 Å². The molecule has 2 aromatic rings. The number of fused-ring (bicyclic) bond motifs is 1. The van der Waals surface area contributed by atoms with Gasteiger partial charge in [-0.05, 0) is 49.2 Å². The zero-order valence-corrected chi connectivity index (χ0v) is 17.6. The number of amides is 3. The van der Waals surface area contributed by atoms with Gasteiger partial charge in [0.25, 0.3) is 17.7 Å². The molecule has 0 atom stereocenters. The van der Waals surface area contributed by atoms with Gasteiger partial charge < -0.3 is 9.80 Å². The van der Waals surface area contributed by atoms with Crippen LogP contribution in [0.2, 0.25) is 0 Å². The first kappa shape index (κ1) is 20.1. The maximum Gasteiger partial charge on any atom is 0.261 e. The molecule has 1 fully saturated rings. The van der Waals surface area contributed by atoms with E-state index >= 15 is 0 Å². The van der Waals surface area contributed by atoms with Crippen molar-refractivity contribution in [2.45, 2.75) is 26.7 Å². The Morgan fingerprint density at radius 1 is 0.933 bits per heavy atom. The fourth-order valence-corrected chi connectivity index (χ4v) is 4.12. The van der Waals surface area contributed by atoms with Gasteiger partial charge >= 0.3 is 0 Å². The van der Waals surface area contributed by atoms with Crippen molar-refractivity contribution in [3.63, 3.8) is 0 Å². The summed E-state index contributed by atoms with van der Waals surface area (Å²) in [6.45, 7) is 7.30. The molecule has 0 aromatic heterocycles. The second kappa shape index (κ2) is 8.30. The quantitative estimate of drug-likeness (QED) is 0.716. The van der Waals surface area contributed by atoms with Gasteiger partial charge in [-0.2, -0.15) is 0 Å². The lowest BCUT2D eigenvalue weighted by molar-refractivity contribution is 0.0651. The predicted octanol–water partition coefficient (Wildman–Crippen LogP) is 3.35. The van der Waals surface area contributed by atoms with Crippen molar-refractivity contribution in [2.24, 2.45) is 0 Å². The lowest BCUT2D eigenvalue weighted by atomic mass is 10.0. The topological polar surface area (TPSA) is 60.9 Å². The van der Waals surface area contributed by atoms with E-state index in [2.05, 4.69) is 36.1 Å². The van der Waals surface area contributed by atoms with Gasteiger partial charge in [0.2, 0.25) is 0 Å². The van der Waals surface area contributed by atoms with E-state index in [1.807, 2.05) is 11.8 Å². The summed E-state index contributed by atoms with van der Waals surface area (Å²) in [6, 6.07) is 13.3. The molecule has 2 aliphatic rings. The van der Waals surface area contributed by atoms with Gasteiger partial charge in [0.1, 0.15) is 0 Å². The summed E-state index contributed by atoms with van der Waals surface area (Å²) in [5, 5.41) is 0. The molecule has 0 saturated carbocycles. The van der Waals surface area contributed by atoms with Gasteiger partial charge in [-0.3, -0.25) is 19.3 Å². The maximum atomic E-state index is 13.0. The van der Waals surface area contributed by atoms with Crippen molar-refractivity contribution in [3.8, 4) is 0 Å². The van der Waals surface area contributed by atoms with Crippen LogP contribution in [0.15, 0.2) is 42.5 Å². The molecule has 2 aromatic carbocycles. The molecule has 4 rings (SSSR count). The van der Waals surface area contributed by atoms with E-state index in [9.17, 15) is 14.4 Å². The molecular weight excluding hydrogens is 378 g/mol. The third-order valence-corrected chi connectivity index (χ3v) is 5.89. The number of benzene rings is 2. The van der Waals surface area contributed by atoms with Gasteiger partial charge in [-0.25, -0.2) is 0 Å². The van der Waals surface area contributed by atoms with Gasteiger partial charge in [0, 0.05) is 44.0 Å². The Labute approximate surface area is 177 Å². The summed E-state index contributed by atoms with van der Waals surface area (Å²) in [6.07, 6.45) is 1.69. The molecule has 0 radical (unpaired) electrons. The molecular formula is C24H27N3O3. The summed E-state index contributed by atoms with van der Waals surface area (Å²) in [5.74, 6) is -0.634. The van der Waals surface area contributed by atoms with E-state index in [1.54, 1.807) is 18.2 Å². The van der Waals surface area contributed by atoms with Crippen LogP contribution in [0.5, 0.6) is 0 Å². The number of carbonyl (C=O) groups excluding carboxylic acids is 3. The molecule has 2 heterocycles. The molecule has 0 unspecified atom stereocenters. The van der Waals surface area contributed by atoms with E-state index in [4.69, 9.17) is 0 Å². The molecule has 6 nitrogen and oxygen atoms in total. The van der Waals surface area contributed by atoms with Crippen LogP contribution >= 0.6 is 0 Å². The van der Waals surface area contributed by atoms with Gasteiger partial charge in [0.05, 0.1) is 11.1 Å². The Balaban J connectivity index is 1.45. The second-order valence-electron chi connectivity index (χ2n) is 7.99. The average molecular weight is 405 g/mol.